The molecule has 0 unspecified atom stereocenters. The van der Waals surface area contributed by atoms with Crippen LogP contribution in [-0.2, 0) is 18.6 Å². The van der Waals surface area contributed by atoms with E-state index in [0.29, 0.717) is 17.9 Å². The molecule has 0 bridgehead atoms. The van der Waals surface area contributed by atoms with E-state index in [1.165, 1.54) is 0 Å². The molecule has 0 aliphatic carbocycles. The molecule has 0 saturated carbocycles. The minimum Gasteiger partial charge on any atom is -0.459 e. The topological polar surface area (TPSA) is 63.2 Å². The van der Waals surface area contributed by atoms with Crippen LogP contribution in [0.25, 0.3) is 0 Å². The lowest BCUT2D eigenvalue weighted by Gasteiger charge is -2.33. The molecule has 6 nitrogen and oxygen atoms in total. The van der Waals surface area contributed by atoms with Gasteiger partial charge in [0.1, 0.15) is 17.6 Å². The van der Waals surface area contributed by atoms with Crippen molar-refractivity contribution in [1.82, 2.24) is 0 Å². The van der Waals surface area contributed by atoms with Crippen molar-refractivity contribution in [3.05, 3.63) is 72.7 Å². The van der Waals surface area contributed by atoms with E-state index in [4.69, 9.17) is 23.0 Å². The van der Waals surface area contributed by atoms with Gasteiger partial charge in [0.25, 0.3) is 5.95 Å². The molecular formula is C22H25O6P. The number of rotatable bonds is 6. The van der Waals surface area contributed by atoms with Gasteiger partial charge in [-0.1, -0.05) is 43.3 Å². The summed E-state index contributed by atoms with van der Waals surface area (Å²) in [4.78, 5) is 0. The molecule has 1 saturated heterocycles. The van der Waals surface area contributed by atoms with Gasteiger partial charge in [0.15, 0.2) is 0 Å². The van der Waals surface area contributed by atoms with Gasteiger partial charge < -0.3 is 23.0 Å². The Bertz CT molecular complexity index is 824. The van der Waals surface area contributed by atoms with E-state index >= 15 is 0 Å². The van der Waals surface area contributed by atoms with Crippen molar-refractivity contribution in [1.29, 1.82) is 0 Å². The summed E-state index contributed by atoms with van der Waals surface area (Å²) in [5, 5.41) is 0. The van der Waals surface area contributed by atoms with Gasteiger partial charge in [-0.2, -0.15) is 4.57 Å². The first-order valence-corrected chi connectivity index (χ1v) is 11.3. The molecule has 2 aliphatic rings. The Balaban J connectivity index is 1.56. The zero-order chi connectivity index (χ0) is 20.1. The van der Waals surface area contributed by atoms with Gasteiger partial charge in [-0.3, -0.25) is 0 Å². The smallest absolute Gasteiger partial charge is 0.459 e. The van der Waals surface area contributed by atoms with Crippen molar-refractivity contribution in [2.24, 2.45) is 5.92 Å². The number of ether oxygens (including phenoxy) is 2. The molecule has 0 aromatic heterocycles. The van der Waals surface area contributed by atoms with E-state index < -0.39 is 7.82 Å². The fourth-order valence-corrected chi connectivity index (χ4v) is 4.70. The van der Waals surface area contributed by atoms with Gasteiger partial charge in [-0.05, 0) is 55.5 Å². The summed E-state index contributed by atoms with van der Waals surface area (Å²) in [5.74, 6) is 1.19. The average molecular weight is 416 g/mol. The predicted octanol–water partition coefficient (Wildman–Crippen LogP) is 5.71. The Morgan fingerprint density at radius 3 is 2.17 bits per heavy atom. The lowest BCUT2D eigenvalue weighted by Crippen LogP contribution is -2.39. The Kier molecular flexibility index (Phi) is 6.12. The summed E-state index contributed by atoms with van der Waals surface area (Å²) in [5.41, 5.74) is 0. The highest BCUT2D eigenvalue weighted by molar-refractivity contribution is 7.49. The van der Waals surface area contributed by atoms with Crippen LogP contribution in [-0.4, -0.2) is 18.8 Å². The molecule has 0 amide bonds. The molecule has 0 spiro atoms. The van der Waals surface area contributed by atoms with Gasteiger partial charge in [0.2, 0.25) is 0 Å². The van der Waals surface area contributed by atoms with Crippen LogP contribution in [0.2, 0.25) is 0 Å². The van der Waals surface area contributed by atoms with Gasteiger partial charge >= 0.3 is 7.82 Å². The number of hydrogen-bond donors (Lipinski definition) is 0. The molecular weight excluding hydrogens is 391 g/mol. The van der Waals surface area contributed by atoms with Gasteiger partial charge in [0.05, 0.1) is 6.10 Å². The van der Waals surface area contributed by atoms with Crippen molar-refractivity contribution in [2.45, 2.75) is 38.4 Å². The summed E-state index contributed by atoms with van der Waals surface area (Å²) in [6.45, 7) is 2.85. The largest absolute Gasteiger partial charge is 0.649 e. The molecule has 0 radical (unpaired) electrons. The molecule has 154 valence electrons. The third-order valence-electron chi connectivity index (χ3n) is 4.92. The summed E-state index contributed by atoms with van der Waals surface area (Å²) >= 11 is 0. The Morgan fingerprint density at radius 1 is 0.931 bits per heavy atom. The quantitative estimate of drug-likeness (QED) is 0.562. The average Bonchev–Trinajstić information content (AvgIpc) is 2.88. The summed E-state index contributed by atoms with van der Waals surface area (Å²) in [6, 6.07) is 17.6. The van der Waals surface area contributed by atoms with E-state index in [-0.39, 0.29) is 24.1 Å². The molecule has 4 rings (SSSR count). The molecule has 29 heavy (non-hydrogen) atoms. The van der Waals surface area contributed by atoms with Crippen molar-refractivity contribution < 1.29 is 27.6 Å². The molecule has 7 heteroatoms. The molecule has 2 aromatic carbocycles. The van der Waals surface area contributed by atoms with E-state index in [1.807, 2.05) is 12.1 Å². The monoisotopic (exact) mass is 416 g/mol. The SMILES string of the molecule is C[C@@H]1CC=C(OP(=O)(Oc2ccccc2)Oc2ccccc2)O[C@H]2CCCO[C@H]12. The van der Waals surface area contributed by atoms with Gasteiger partial charge in [-0.25, -0.2) is 0 Å². The summed E-state index contributed by atoms with van der Waals surface area (Å²) in [7, 11) is -4.05. The minimum atomic E-state index is -4.05. The van der Waals surface area contributed by atoms with E-state index in [9.17, 15) is 4.57 Å². The second-order valence-electron chi connectivity index (χ2n) is 7.22. The number of allylic oxidation sites excluding steroid dienone is 1. The van der Waals surface area contributed by atoms with E-state index in [1.54, 1.807) is 54.6 Å². The molecule has 0 N–H and O–H groups in total. The predicted molar refractivity (Wildman–Crippen MR) is 109 cm³/mol. The van der Waals surface area contributed by atoms with Crippen molar-refractivity contribution in [2.75, 3.05) is 6.61 Å². The van der Waals surface area contributed by atoms with E-state index in [0.717, 1.165) is 19.4 Å². The molecule has 2 aromatic rings. The lowest BCUT2D eigenvalue weighted by molar-refractivity contribution is -0.116. The van der Waals surface area contributed by atoms with Crippen LogP contribution in [0, 0.1) is 5.92 Å². The normalized spacial score (nSPS) is 24.3. The number of hydrogen-bond acceptors (Lipinski definition) is 6. The maximum Gasteiger partial charge on any atom is 0.649 e. The molecule has 1 fully saturated rings. The van der Waals surface area contributed by atoms with Crippen molar-refractivity contribution in [3.63, 3.8) is 0 Å². The van der Waals surface area contributed by atoms with Crippen molar-refractivity contribution in [3.8, 4) is 11.5 Å². The number of phosphoric acid groups is 1. The maximum atomic E-state index is 13.6. The van der Waals surface area contributed by atoms with Gasteiger partial charge in [0, 0.05) is 6.61 Å². The Morgan fingerprint density at radius 2 is 1.55 bits per heavy atom. The van der Waals surface area contributed by atoms with Crippen molar-refractivity contribution >= 4 is 7.82 Å². The van der Waals surface area contributed by atoms with Crippen LogP contribution in [0.15, 0.2) is 72.7 Å². The first kappa shape index (κ1) is 19.9. The van der Waals surface area contributed by atoms with Crippen LogP contribution in [0.1, 0.15) is 26.2 Å². The molecule has 2 aliphatic heterocycles. The van der Waals surface area contributed by atoms with Crippen LogP contribution in [0.5, 0.6) is 11.5 Å². The molecule has 2 heterocycles. The first-order chi connectivity index (χ1) is 14.1. The van der Waals surface area contributed by atoms with Gasteiger partial charge in [-0.15, -0.1) is 0 Å². The third-order valence-corrected chi connectivity index (χ3v) is 6.19. The second kappa shape index (κ2) is 8.93. The van der Waals surface area contributed by atoms with Crippen LogP contribution in [0.4, 0.5) is 0 Å². The first-order valence-electron chi connectivity index (χ1n) is 9.89. The lowest BCUT2D eigenvalue weighted by atomic mass is 9.93. The minimum absolute atomic E-state index is 0.00873. The van der Waals surface area contributed by atoms with Crippen LogP contribution < -0.4 is 9.05 Å². The highest BCUT2D eigenvalue weighted by atomic mass is 31.2. The number of para-hydroxylation sites is 2. The fraction of sp³-hybridized carbons (Fsp3) is 0.364. The summed E-state index contributed by atoms with van der Waals surface area (Å²) < 4.78 is 42.6. The van der Waals surface area contributed by atoms with Crippen LogP contribution in [0.3, 0.4) is 0 Å². The third kappa shape index (κ3) is 5.14. The fourth-order valence-electron chi connectivity index (χ4n) is 3.49. The second-order valence-corrected chi connectivity index (χ2v) is 8.66. The zero-order valence-electron chi connectivity index (χ0n) is 16.3. The number of phosphoric ester groups is 1. The molecule has 3 atom stereocenters. The van der Waals surface area contributed by atoms with Crippen LogP contribution >= 0.6 is 7.82 Å². The standard InChI is InChI=1S/C22H25O6P/c1-17-14-15-21(25-20-13-8-16-24-22(17)20)28-29(23,26-18-9-4-2-5-10-18)27-19-11-6-3-7-12-19/h2-7,9-12,15,17,20,22H,8,13-14,16H2,1H3/t17-,20+,22-/m1/s1. The highest BCUT2D eigenvalue weighted by Crippen LogP contribution is 2.52. The number of benzene rings is 2. The van der Waals surface area contributed by atoms with E-state index in [2.05, 4.69) is 6.92 Å². The maximum absolute atomic E-state index is 13.6. The Labute approximate surface area is 171 Å². The Hall–Kier alpha value is -2.43. The summed E-state index contributed by atoms with van der Waals surface area (Å²) in [6.07, 6.45) is 4.10. The highest BCUT2D eigenvalue weighted by Gasteiger charge is 2.39. The zero-order valence-corrected chi connectivity index (χ0v) is 17.2. The number of fused-ring (bicyclic) bond motifs is 1.